The third kappa shape index (κ3) is 14.6. The van der Waals surface area contributed by atoms with Gasteiger partial charge in [-0.2, -0.15) is 0 Å². The highest BCUT2D eigenvalue weighted by Crippen LogP contribution is 2.54. The van der Waals surface area contributed by atoms with E-state index in [9.17, 15) is 0 Å². The predicted octanol–water partition coefficient (Wildman–Crippen LogP) is 30.0. The number of anilines is 2. The monoisotopic (exact) mass is 1810 g/mol. The van der Waals surface area contributed by atoms with E-state index in [-0.39, 0.29) is 16.2 Å². The van der Waals surface area contributed by atoms with E-state index in [1.165, 1.54) is 136 Å². The molecule has 564 valence electrons. The second-order valence-electron chi connectivity index (χ2n) is 31.5. The molecule has 3 N–H and O–H groups in total. The van der Waals surface area contributed by atoms with Crippen molar-refractivity contribution in [2.75, 3.05) is 5.32 Å². The molecule has 22 rings (SSSR count). The van der Waals surface area contributed by atoms with Gasteiger partial charge in [0.1, 0.15) is 33.5 Å². The fraction of sp³-hybridized carbons (Fsp3) is 0.0857. The highest BCUT2D eigenvalue weighted by Gasteiger charge is 2.38. The molecule has 0 fully saturated rings. The van der Waals surface area contributed by atoms with E-state index in [0.29, 0.717) is 5.46 Å². The Balaban J connectivity index is 0.000000102. The van der Waals surface area contributed by atoms with Gasteiger partial charge in [-0.25, -0.2) is 0 Å². The molecule has 6 nitrogen and oxygen atoms in total. The van der Waals surface area contributed by atoms with Crippen molar-refractivity contribution in [3.05, 3.63) is 396 Å². The van der Waals surface area contributed by atoms with Gasteiger partial charge in [-0.1, -0.05) is 302 Å². The molecule has 0 radical (unpaired) electrons. The van der Waals surface area contributed by atoms with Gasteiger partial charge >= 0.3 is 7.12 Å². The molecular formula is C105H78BBr3INO5. The first-order valence-corrected chi connectivity index (χ1v) is 42.3. The van der Waals surface area contributed by atoms with Crippen LogP contribution in [0.2, 0.25) is 0 Å². The maximum atomic E-state index is 9.12. The molecule has 3 aromatic heterocycles. The molecule has 0 amide bonds. The third-order valence-electron chi connectivity index (χ3n) is 23.3. The van der Waals surface area contributed by atoms with Crippen molar-refractivity contribution in [2.45, 2.75) is 57.8 Å². The summed E-state index contributed by atoms with van der Waals surface area (Å²) in [6.07, 6.45) is 0. The second-order valence-corrected chi connectivity index (χ2v) is 35.5. The van der Waals surface area contributed by atoms with Gasteiger partial charge in [-0.05, 0) is 273 Å². The van der Waals surface area contributed by atoms with Crippen molar-refractivity contribution in [2.24, 2.45) is 0 Å². The Morgan fingerprint density at radius 3 is 0.914 bits per heavy atom. The van der Waals surface area contributed by atoms with Crippen LogP contribution >= 0.6 is 70.4 Å². The molecule has 0 saturated heterocycles. The SMILES string of the molecule is CC1(C)c2cc(Br)ccc2-c2ccc(-c3ccc4oc5ccccc5c4c3)cc21.CC1(C)c2cc(Br)ccc2-c2ccc(-c3ccc4oc5ccccc5c4c3)cc21.CC1(C)c2cc(Br)ccc2-c2ccc(I)cc21.OB(O)c1ccc2oc3ccccc3c2c1.c1ccc(-c2ccc(Nc3ccc(-c4ccccc4)cc3)cc2)cc1. The predicted molar refractivity (Wildman–Crippen MR) is 504 cm³/mol. The molecule has 16 aromatic carbocycles. The van der Waals surface area contributed by atoms with Crippen LogP contribution in [0.3, 0.4) is 0 Å². The lowest BCUT2D eigenvalue weighted by Gasteiger charge is -2.22. The Labute approximate surface area is 714 Å². The Kier molecular flexibility index (Phi) is 20.5. The largest absolute Gasteiger partial charge is 0.488 e. The van der Waals surface area contributed by atoms with Gasteiger partial charge in [0.05, 0.1) is 0 Å². The summed E-state index contributed by atoms with van der Waals surface area (Å²) in [6.45, 7) is 13.9. The van der Waals surface area contributed by atoms with E-state index < -0.39 is 7.12 Å². The normalized spacial score (nSPS) is 13.2. The van der Waals surface area contributed by atoms with Crippen molar-refractivity contribution in [3.8, 4) is 77.9 Å². The fourth-order valence-corrected chi connectivity index (χ4v) is 18.7. The molecule has 0 saturated carbocycles. The van der Waals surface area contributed by atoms with Crippen molar-refractivity contribution in [1.82, 2.24) is 0 Å². The van der Waals surface area contributed by atoms with Crippen LogP contribution in [-0.4, -0.2) is 17.2 Å². The highest BCUT2D eigenvalue weighted by atomic mass is 127. The van der Waals surface area contributed by atoms with E-state index in [2.05, 4.69) is 384 Å². The van der Waals surface area contributed by atoms with Gasteiger partial charge in [0.15, 0.2) is 0 Å². The zero-order chi connectivity index (χ0) is 79.7. The van der Waals surface area contributed by atoms with Crippen LogP contribution in [0.1, 0.15) is 74.9 Å². The highest BCUT2D eigenvalue weighted by molar-refractivity contribution is 14.1. The lowest BCUT2D eigenvalue weighted by Crippen LogP contribution is -2.29. The average molecular weight is 1810 g/mol. The summed E-state index contributed by atoms with van der Waals surface area (Å²) in [6, 6.07) is 121. The summed E-state index contributed by atoms with van der Waals surface area (Å²) >= 11 is 13.2. The smallest absolute Gasteiger partial charge is 0.456 e. The van der Waals surface area contributed by atoms with Crippen LogP contribution in [0, 0.1) is 3.57 Å². The Hall–Kier alpha value is -11.1. The molecule has 19 aromatic rings. The van der Waals surface area contributed by atoms with Gasteiger partial charge < -0.3 is 28.6 Å². The zero-order valence-corrected chi connectivity index (χ0v) is 71.5. The summed E-state index contributed by atoms with van der Waals surface area (Å²) in [7, 11) is -1.45. The first-order chi connectivity index (χ1) is 56.2. The standard InChI is InChI=1S/2C27H19BrO.C24H19N.C15H12BrI.C12H9BO3/c2*1-27(2)23-14-17(7-10-19(23)20-11-9-18(28)15-24(20)27)16-8-12-26-22(13-16)21-5-3-4-6-25(21)29-26;1-3-7-19(8-4-1)21-11-15-23(16-12-21)25-24-17-13-22(14-18-24)20-9-5-2-6-10-20;1-15(2)13-7-9(16)3-5-11(13)12-6-4-10(17)8-14(12)15;14-13(15)8-5-6-12-10(7-8)9-3-1-2-4-11(9)16-12/h2*3-15H,1-2H3;1-18,25H;3-8H,1-2H3;1-7,14-15H. The summed E-state index contributed by atoms with van der Waals surface area (Å²) in [4.78, 5) is 0. The van der Waals surface area contributed by atoms with Gasteiger partial charge in [-0.3, -0.25) is 0 Å². The minimum atomic E-state index is -1.45. The maximum Gasteiger partial charge on any atom is 0.488 e. The number of furan rings is 3. The summed E-state index contributed by atoms with van der Waals surface area (Å²) in [5.74, 6) is 0. The van der Waals surface area contributed by atoms with Crippen molar-refractivity contribution in [1.29, 1.82) is 0 Å². The molecule has 3 aliphatic rings. The van der Waals surface area contributed by atoms with E-state index >= 15 is 0 Å². The summed E-state index contributed by atoms with van der Waals surface area (Å²) < 4.78 is 22.4. The van der Waals surface area contributed by atoms with Crippen LogP contribution in [0.4, 0.5) is 11.4 Å². The van der Waals surface area contributed by atoms with Crippen molar-refractivity contribution in [3.63, 3.8) is 0 Å². The Morgan fingerprint density at radius 1 is 0.259 bits per heavy atom. The lowest BCUT2D eigenvalue weighted by atomic mass is 9.80. The molecule has 11 heteroatoms. The van der Waals surface area contributed by atoms with E-state index in [1.807, 2.05) is 60.7 Å². The number of hydrogen-bond donors (Lipinski definition) is 3. The number of rotatable bonds is 7. The summed E-state index contributed by atoms with van der Waals surface area (Å²) in [5.41, 5.74) is 34.5. The molecule has 0 aliphatic heterocycles. The summed E-state index contributed by atoms with van der Waals surface area (Å²) in [5, 5.41) is 28.3. The number of benzene rings is 16. The second kappa shape index (κ2) is 31.1. The molecule has 0 unspecified atom stereocenters. The minimum absolute atomic E-state index is 0.0170. The molecular weight excluding hydrogens is 1730 g/mol. The number of hydrogen-bond acceptors (Lipinski definition) is 6. The minimum Gasteiger partial charge on any atom is -0.456 e. The van der Waals surface area contributed by atoms with E-state index in [4.69, 9.17) is 23.3 Å². The third-order valence-corrected chi connectivity index (χ3v) is 25.4. The van der Waals surface area contributed by atoms with Gasteiger partial charge in [0, 0.05) is 76.9 Å². The first-order valence-electron chi connectivity index (χ1n) is 38.9. The van der Waals surface area contributed by atoms with Crippen LogP contribution in [0.25, 0.3) is 144 Å². The number of para-hydroxylation sites is 3. The number of halogens is 4. The Bertz CT molecular complexity index is 6630. The Morgan fingerprint density at radius 2 is 0.534 bits per heavy atom. The first kappa shape index (κ1) is 76.2. The number of fused-ring (bicyclic) bond motifs is 18. The molecule has 0 bridgehead atoms. The van der Waals surface area contributed by atoms with Crippen LogP contribution in [0.5, 0.6) is 0 Å². The van der Waals surface area contributed by atoms with Gasteiger partial charge in [-0.15, -0.1) is 0 Å². The van der Waals surface area contributed by atoms with E-state index in [1.54, 1.807) is 18.2 Å². The molecule has 3 heterocycles. The van der Waals surface area contributed by atoms with E-state index in [0.717, 1.165) is 69.1 Å². The van der Waals surface area contributed by atoms with Crippen LogP contribution in [-0.2, 0) is 16.2 Å². The fourth-order valence-electron chi connectivity index (χ4n) is 17.1. The van der Waals surface area contributed by atoms with Crippen molar-refractivity contribution < 1.29 is 23.3 Å². The van der Waals surface area contributed by atoms with Gasteiger partial charge in [0.2, 0.25) is 0 Å². The van der Waals surface area contributed by atoms with Crippen LogP contribution < -0.4 is 10.8 Å². The van der Waals surface area contributed by atoms with Crippen molar-refractivity contribution >= 4 is 160 Å². The van der Waals surface area contributed by atoms with Gasteiger partial charge in [0.25, 0.3) is 0 Å². The zero-order valence-electron chi connectivity index (χ0n) is 64.6. The molecule has 0 spiro atoms. The topological polar surface area (TPSA) is 91.9 Å². The number of nitrogens with one attached hydrogen (secondary N) is 1. The maximum absolute atomic E-state index is 9.12. The molecule has 3 aliphatic carbocycles. The lowest BCUT2D eigenvalue weighted by molar-refractivity contribution is 0.426. The molecule has 0 atom stereocenters. The quantitative estimate of drug-likeness (QED) is 0.109. The average Bonchev–Trinajstić information content (AvgIpc) is 1.58. The van der Waals surface area contributed by atoms with Crippen LogP contribution in [0.15, 0.2) is 372 Å². The molecule has 116 heavy (non-hydrogen) atoms.